The molecular weight excluding hydrogens is 374 g/mol. The van der Waals surface area contributed by atoms with Gasteiger partial charge in [0.05, 0.1) is 11.5 Å². The summed E-state index contributed by atoms with van der Waals surface area (Å²) in [5, 5.41) is 0.678. The highest BCUT2D eigenvalue weighted by Gasteiger charge is 2.33. The molecule has 1 saturated heterocycles. The number of hydrogen-bond acceptors (Lipinski definition) is 4. The van der Waals surface area contributed by atoms with Gasteiger partial charge in [-0.05, 0) is 48.9 Å². The van der Waals surface area contributed by atoms with Crippen molar-refractivity contribution in [3.8, 4) is 5.75 Å². The average molecular weight is 400 g/mol. The Labute approximate surface area is 160 Å². The van der Waals surface area contributed by atoms with Gasteiger partial charge in [0.2, 0.25) is 0 Å². The van der Waals surface area contributed by atoms with Gasteiger partial charge in [-0.15, -0.1) is 0 Å². The predicted molar refractivity (Wildman–Crippen MR) is 103 cm³/mol. The van der Waals surface area contributed by atoms with Crippen molar-refractivity contribution in [1.82, 2.24) is 4.90 Å². The van der Waals surface area contributed by atoms with E-state index in [4.69, 9.17) is 16.3 Å². The molecule has 144 valence electrons. The Bertz CT molecular complexity index is 759. The second-order valence-electron chi connectivity index (χ2n) is 7.37. The Hall–Kier alpha value is -1.27. The van der Waals surface area contributed by atoms with E-state index in [1.807, 2.05) is 12.1 Å². The van der Waals surface area contributed by atoms with Crippen LogP contribution in [0.3, 0.4) is 0 Å². The van der Waals surface area contributed by atoms with Crippen molar-refractivity contribution in [2.24, 2.45) is 0 Å². The molecule has 7 heteroatoms. The lowest BCUT2D eigenvalue weighted by atomic mass is 9.84. The van der Waals surface area contributed by atoms with Gasteiger partial charge in [0.1, 0.15) is 5.75 Å². The van der Waals surface area contributed by atoms with Gasteiger partial charge in [-0.25, -0.2) is 8.42 Å². The zero-order valence-corrected chi connectivity index (χ0v) is 16.7. The monoisotopic (exact) mass is 399 g/mol. The van der Waals surface area contributed by atoms with Gasteiger partial charge in [-0.1, -0.05) is 30.9 Å². The molecule has 0 radical (unpaired) electrons. The van der Waals surface area contributed by atoms with Gasteiger partial charge in [0, 0.05) is 18.1 Å². The van der Waals surface area contributed by atoms with E-state index in [0.29, 0.717) is 23.1 Å². The number of likely N-dealkylation sites (N-methyl/N-ethyl adjacent to an activating group) is 1. The molecule has 1 heterocycles. The van der Waals surface area contributed by atoms with Crippen LogP contribution in [-0.2, 0) is 14.6 Å². The first-order chi connectivity index (χ1) is 12.4. The van der Waals surface area contributed by atoms with Crippen molar-refractivity contribution in [2.45, 2.75) is 50.5 Å². The molecule has 0 N–H and O–H groups in total. The standard InChI is InChI=1S/C19H26ClNO4S/c1-21(16-9-10-26(23,24)13-16)19(22)12-25-18-8-7-15(20)11-17(18)14-5-3-2-4-6-14/h7-8,11,14,16H,2-6,9-10,12-13H2,1H3. The van der Waals surface area contributed by atoms with E-state index in [0.717, 1.165) is 18.4 Å². The number of amides is 1. The quantitative estimate of drug-likeness (QED) is 0.761. The van der Waals surface area contributed by atoms with E-state index >= 15 is 0 Å². The fourth-order valence-corrected chi connectivity index (χ4v) is 5.86. The highest BCUT2D eigenvalue weighted by molar-refractivity contribution is 7.91. The first-order valence-electron chi connectivity index (χ1n) is 9.24. The molecular formula is C19H26ClNO4S. The smallest absolute Gasteiger partial charge is 0.260 e. The summed E-state index contributed by atoms with van der Waals surface area (Å²) in [7, 11) is -1.36. The number of halogens is 1. The number of ether oxygens (including phenoxy) is 1. The fraction of sp³-hybridized carbons (Fsp3) is 0.632. The minimum Gasteiger partial charge on any atom is -0.483 e. The molecule has 1 unspecified atom stereocenters. The summed E-state index contributed by atoms with van der Waals surface area (Å²) in [6, 6.07) is 5.31. The molecule has 0 spiro atoms. The van der Waals surface area contributed by atoms with E-state index < -0.39 is 9.84 Å². The third kappa shape index (κ3) is 4.71. The molecule has 5 nitrogen and oxygen atoms in total. The maximum Gasteiger partial charge on any atom is 0.260 e. The van der Waals surface area contributed by atoms with Crippen molar-refractivity contribution >= 4 is 27.3 Å². The van der Waals surface area contributed by atoms with Crippen LogP contribution in [0.1, 0.15) is 50.0 Å². The number of sulfone groups is 1. The van der Waals surface area contributed by atoms with E-state index in [-0.39, 0.29) is 30.1 Å². The lowest BCUT2D eigenvalue weighted by Crippen LogP contribution is -2.40. The van der Waals surface area contributed by atoms with Crippen molar-refractivity contribution in [2.75, 3.05) is 25.2 Å². The maximum atomic E-state index is 12.4. The second-order valence-corrected chi connectivity index (χ2v) is 10.0. The number of benzene rings is 1. The summed E-state index contributed by atoms with van der Waals surface area (Å²) < 4.78 is 29.1. The summed E-state index contributed by atoms with van der Waals surface area (Å²) in [6.45, 7) is -0.0889. The number of rotatable bonds is 5. The lowest BCUT2D eigenvalue weighted by molar-refractivity contribution is -0.133. The average Bonchev–Trinajstić information content (AvgIpc) is 3.00. The van der Waals surface area contributed by atoms with Crippen LogP contribution in [0.15, 0.2) is 18.2 Å². The van der Waals surface area contributed by atoms with Crippen LogP contribution in [0.4, 0.5) is 0 Å². The normalized spacial score (nSPS) is 22.9. The van der Waals surface area contributed by atoms with Crippen LogP contribution in [-0.4, -0.2) is 50.4 Å². The summed E-state index contributed by atoms with van der Waals surface area (Å²) >= 11 is 6.17. The largest absolute Gasteiger partial charge is 0.483 e. The summed E-state index contributed by atoms with van der Waals surface area (Å²) in [6.07, 6.45) is 6.40. The highest BCUT2D eigenvalue weighted by atomic mass is 35.5. The molecule has 3 rings (SSSR count). The molecule has 1 saturated carbocycles. The van der Waals surface area contributed by atoms with Crippen molar-refractivity contribution < 1.29 is 17.9 Å². The van der Waals surface area contributed by atoms with Gasteiger partial charge in [-0.2, -0.15) is 0 Å². The minimum atomic E-state index is -3.02. The van der Waals surface area contributed by atoms with Crippen LogP contribution >= 0.6 is 11.6 Å². The molecule has 1 amide bonds. The number of nitrogens with zero attached hydrogens (tertiary/aromatic N) is 1. The Morgan fingerprint density at radius 1 is 1.23 bits per heavy atom. The third-order valence-electron chi connectivity index (χ3n) is 5.52. The van der Waals surface area contributed by atoms with Crippen LogP contribution in [0.2, 0.25) is 5.02 Å². The molecule has 2 aliphatic rings. The molecule has 1 aliphatic heterocycles. The van der Waals surface area contributed by atoms with Crippen molar-refractivity contribution in [1.29, 1.82) is 0 Å². The number of hydrogen-bond donors (Lipinski definition) is 0. The van der Waals surface area contributed by atoms with Gasteiger partial charge in [0.25, 0.3) is 5.91 Å². The van der Waals surface area contributed by atoms with E-state index in [9.17, 15) is 13.2 Å². The Morgan fingerprint density at radius 3 is 2.62 bits per heavy atom. The molecule has 2 fully saturated rings. The highest BCUT2D eigenvalue weighted by Crippen LogP contribution is 2.38. The first kappa shape index (κ1) is 19.5. The summed E-state index contributed by atoms with van der Waals surface area (Å²) in [4.78, 5) is 14.0. The van der Waals surface area contributed by atoms with Crippen LogP contribution in [0, 0.1) is 0 Å². The van der Waals surface area contributed by atoms with Crippen LogP contribution in [0.25, 0.3) is 0 Å². The van der Waals surface area contributed by atoms with Gasteiger partial charge in [-0.3, -0.25) is 4.79 Å². The molecule has 0 aromatic heterocycles. The molecule has 26 heavy (non-hydrogen) atoms. The molecule has 1 aliphatic carbocycles. The van der Waals surface area contributed by atoms with Crippen LogP contribution in [0.5, 0.6) is 5.75 Å². The second kappa shape index (κ2) is 8.17. The summed E-state index contributed by atoms with van der Waals surface area (Å²) in [5.74, 6) is 1.13. The SMILES string of the molecule is CN(C(=O)COc1ccc(Cl)cc1C1CCCCC1)C1CCS(=O)(=O)C1. The van der Waals surface area contributed by atoms with Gasteiger partial charge in [0.15, 0.2) is 16.4 Å². The topological polar surface area (TPSA) is 63.7 Å². The Kier molecular flexibility index (Phi) is 6.13. The zero-order chi connectivity index (χ0) is 18.7. The van der Waals surface area contributed by atoms with Crippen LogP contribution < -0.4 is 4.74 Å². The van der Waals surface area contributed by atoms with Crippen molar-refractivity contribution in [3.05, 3.63) is 28.8 Å². The maximum absolute atomic E-state index is 12.4. The summed E-state index contributed by atoms with van der Waals surface area (Å²) in [5.41, 5.74) is 1.08. The zero-order valence-electron chi connectivity index (χ0n) is 15.1. The molecule has 1 aromatic carbocycles. The molecule has 1 aromatic rings. The molecule has 0 bridgehead atoms. The lowest BCUT2D eigenvalue weighted by Gasteiger charge is -2.26. The number of carbonyl (C=O) groups excluding carboxylic acids is 1. The predicted octanol–water partition coefficient (Wildman–Crippen LogP) is 3.41. The van der Waals surface area contributed by atoms with E-state index in [1.165, 1.54) is 24.2 Å². The van der Waals surface area contributed by atoms with Gasteiger partial charge < -0.3 is 9.64 Å². The molecule has 1 atom stereocenters. The first-order valence-corrected chi connectivity index (χ1v) is 11.4. The Morgan fingerprint density at radius 2 is 1.96 bits per heavy atom. The third-order valence-corrected chi connectivity index (χ3v) is 7.50. The van der Waals surface area contributed by atoms with E-state index in [2.05, 4.69) is 0 Å². The van der Waals surface area contributed by atoms with Gasteiger partial charge >= 0.3 is 0 Å². The van der Waals surface area contributed by atoms with Crippen molar-refractivity contribution in [3.63, 3.8) is 0 Å². The Balaban J connectivity index is 1.64. The van der Waals surface area contributed by atoms with E-state index in [1.54, 1.807) is 13.1 Å². The number of carbonyl (C=O) groups is 1. The minimum absolute atomic E-state index is 0.0451. The fourth-order valence-electron chi connectivity index (χ4n) is 3.91.